The van der Waals surface area contributed by atoms with Crippen molar-refractivity contribution in [3.8, 4) is 0 Å². The lowest BCUT2D eigenvalue weighted by molar-refractivity contribution is -0.0155. The van der Waals surface area contributed by atoms with Crippen molar-refractivity contribution in [2.75, 3.05) is 0 Å². The van der Waals surface area contributed by atoms with Gasteiger partial charge >= 0.3 is 0 Å². The van der Waals surface area contributed by atoms with Gasteiger partial charge in [-0.2, -0.15) is 0 Å². The van der Waals surface area contributed by atoms with Crippen molar-refractivity contribution in [1.82, 2.24) is 0 Å². The maximum atomic E-state index is 2.61. The molecule has 3 aliphatic carbocycles. The molecule has 0 spiro atoms. The maximum Gasteiger partial charge on any atom is -0.0246 e. The summed E-state index contributed by atoms with van der Waals surface area (Å²) in [6.07, 6.45) is 0. The molecule has 0 aromatic heterocycles. The minimum absolute atomic E-state index is 0.377. The van der Waals surface area contributed by atoms with E-state index < -0.39 is 0 Å². The fourth-order valence-electron chi connectivity index (χ4n) is 8.66. The Morgan fingerprint density at radius 3 is 0.833 bits per heavy atom. The van der Waals surface area contributed by atoms with Crippen LogP contribution in [0, 0.1) is 62.1 Å². The van der Waals surface area contributed by atoms with E-state index in [4.69, 9.17) is 0 Å². The average Bonchev–Trinajstić information content (AvgIpc) is 2.80. The van der Waals surface area contributed by atoms with E-state index in [1.807, 2.05) is 0 Å². The van der Waals surface area contributed by atoms with Crippen LogP contribution in [0.5, 0.6) is 0 Å². The Balaban J connectivity index is 2.27. The molecular formula is C24H44. The summed E-state index contributed by atoms with van der Waals surface area (Å²) in [4.78, 5) is 0. The molecular weight excluding hydrogens is 288 g/mol. The van der Waals surface area contributed by atoms with Crippen LogP contribution in [0.1, 0.15) is 90.0 Å². The summed E-state index contributed by atoms with van der Waals surface area (Å²) in [7, 11) is 0. The number of fused-ring (bicyclic) bond motifs is 3. The van der Waals surface area contributed by atoms with Crippen LogP contribution in [-0.4, -0.2) is 0 Å². The summed E-state index contributed by atoms with van der Waals surface area (Å²) in [5.41, 5.74) is 2.34. The van der Waals surface area contributed by atoms with Crippen LogP contribution in [0.3, 0.4) is 0 Å². The lowest BCUT2D eigenvalue weighted by atomic mass is 9.55. The molecule has 0 N–H and O–H groups in total. The van der Waals surface area contributed by atoms with Crippen molar-refractivity contribution in [2.24, 2.45) is 62.1 Å². The van der Waals surface area contributed by atoms with E-state index in [2.05, 4.69) is 90.0 Å². The van der Waals surface area contributed by atoms with Crippen LogP contribution in [0.15, 0.2) is 0 Å². The molecule has 0 heteroatoms. The molecule has 3 rings (SSSR count). The largest absolute Gasteiger partial charge is 0.0619 e. The molecule has 3 saturated carbocycles. The van der Waals surface area contributed by atoms with Crippen LogP contribution >= 0.6 is 0 Å². The van der Waals surface area contributed by atoms with E-state index in [-0.39, 0.29) is 0 Å². The first-order chi connectivity index (χ1) is 10.4. The van der Waals surface area contributed by atoms with Crippen molar-refractivity contribution >= 4 is 0 Å². The molecule has 0 aliphatic heterocycles. The summed E-state index contributed by atoms with van der Waals surface area (Å²) < 4.78 is 0. The van der Waals surface area contributed by atoms with Crippen molar-refractivity contribution in [1.29, 1.82) is 0 Å². The second-order valence-electron chi connectivity index (χ2n) is 13.1. The lowest BCUT2D eigenvalue weighted by Gasteiger charge is -2.50. The Bertz CT molecular complexity index is 505. The first-order valence-electron chi connectivity index (χ1n) is 10.4. The fourth-order valence-corrected chi connectivity index (χ4v) is 8.66. The Labute approximate surface area is 152 Å². The average molecular weight is 333 g/mol. The Hall–Kier alpha value is 0. The number of rotatable bonds is 0. The molecule has 3 aliphatic rings. The SMILES string of the molecule is CC1C2C(C3C1C(C)(C)C(C)(C)C3(C)C)C(C)(C)C(C)(C)C2(C)C. The van der Waals surface area contributed by atoms with Crippen LogP contribution in [-0.2, 0) is 0 Å². The van der Waals surface area contributed by atoms with E-state index in [0.717, 1.165) is 29.6 Å². The van der Waals surface area contributed by atoms with Crippen molar-refractivity contribution < 1.29 is 0 Å². The van der Waals surface area contributed by atoms with Gasteiger partial charge < -0.3 is 0 Å². The summed E-state index contributed by atoms with van der Waals surface area (Å²) in [6.45, 7) is 33.6. The molecule has 0 amide bonds. The number of hydrogen-bond acceptors (Lipinski definition) is 0. The smallest absolute Gasteiger partial charge is 0.0246 e. The normalized spacial score (nSPS) is 48.1. The summed E-state index contributed by atoms with van der Waals surface area (Å²) in [6, 6.07) is 0. The van der Waals surface area contributed by atoms with Gasteiger partial charge in [-0.1, -0.05) is 90.0 Å². The monoisotopic (exact) mass is 332 g/mol. The quantitative estimate of drug-likeness (QED) is 0.437. The lowest BCUT2D eigenvalue weighted by Crippen LogP contribution is -2.43. The first-order valence-corrected chi connectivity index (χ1v) is 10.4. The topological polar surface area (TPSA) is 0 Å². The van der Waals surface area contributed by atoms with Crippen LogP contribution in [0.2, 0.25) is 0 Å². The zero-order valence-corrected chi connectivity index (χ0v) is 18.9. The van der Waals surface area contributed by atoms with E-state index in [9.17, 15) is 0 Å². The molecule has 3 fully saturated rings. The molecule has 0 aromatic rings. The molecule has 0 bridgehead atoms. The van der Waals surface area contributed by atoms with Gasteiger partial charge in [0, 0.05) is 0 Å². The van der Waals surface area contributed by atoms with E-state index in [1.54, 1.807) is 0 Å². The highest BCUT2D eigenvalue weighted by atomic mass is 14.8. The molecule has 0 nitrogen and oxygen atoms in total. The fraction of sp³-hybridized carbons (Fsp3) is 1.00. The molecule has 4 atom stereocenters. The highest BCUT2D eigenvalue weighted by Crippen LogP contribution is 2.83. The molecule has 140 valence electrons. The van der Waals surface area contributed by atoms with Crippen molar-refractivity contribution in [3.63, 3.8) is 0 Å². The molecule has 0 saturated heterocycles. The van der Waals surface area contributed by atoms with Gasteiger partial charge in [0.2, 0.25) is 0 Å². The predicted molar refractivity (Wildman–Crippen MR) is 106 cm³/mol. The molecule has 0 aromatic carbocycles. The Morgan fingerprint density at radius 2 is 0.583 bits per heavy atom. The third-order valence-electron chi connectivity index (χ3n) is 12.1. The number of hydrogen-bond donors (Lipinski definition) is 0. The maximum absolute atomic E-state index is 2.61. The van der Waals surface area contributed by atoms with Gasteiger partial charge in [0.1, 0.15) is 0 Å². The Morgan fingerprint density at radius 1 is 0.375 bits per heavy atom. The molecule has 0 heterocycles. The Kier molecular flexibility index (Phi) is 3.35. The highest BCUT2D eigenvalue weighted by Gasteiger charge is 2.78. The highest BCUT2D eigenvalue weighted by molar-refractivity contribution is 5.26. The third kappa shape index (κ3) is 1.52. The van der Waals surface area contributed by atoms with Crippen molar-refractivity contribution in [2.45, 2.75) is 90.0 Å². The minimum Gasteiger partial charge on any atom is -0.0619 e. The van der Waals surface area contributed by atoms with E-state index in [0.29, 0.717) is 32.5 Å². The van der Waals surface area contributed by atoms with Gasteiger partial charge in [0.05, 0.1) is 0 Å². The van der Waals surface area contributed by atoms with Crippen molar-refractivity contribution in [3.05, 3.63) is 0 Å². The van der Waals surface area contributed by atoms with Crippen LogP contribution < -0.4 is 0 Å². The third-order valence-corrected chi connectivity index (χ3v) is 12.1. The minimum atomic E-state index is 0.377. The second-order valence-corrected chi connectivity index (χ2v) is 13.1. The summed E-state index contributed by atoms with van der Waals surface area (Å²) in [5, 5.41) is 0. The molecule has 0 radical (unpaired) electrons. The summed E-state index contributed by atoms with van der Waals surface area (Å²) >= 11 is 0. The van der Waals surface area contributed by atoms with Crippen LogP contribution in [0.4, 0.5) is 0 Å². The first kappa shape index (κ1) is 18.8. The van der Waals surface area contributed by atoms with E-state index >= 15 is 0 Å². The van der Waals surface area contributed by atoms with Gasteiger partial charge in [-0.25, -0.2) is 0 Å². The summed E-state index contributed by atoms with van der Waals surface area (Å²) in [5.74, 6) is 4.23. The van der Waals surface area contributed by atoms with Gasteiger partial charge in [-0.3, -0.25) is 0 Å². The van der Waals surface area contributed by atoms with Gasteiger partial charge in [0.15, 0.2) is 0 Å². The molecule has 4 unspecified atom stereocenters. The molecule has 24 heavy (non-hydrogen) atoms. The van der Waals surface area contributed by atoms with Gasteiger partial charge in [0.25, 0.3) is 0 Å². The predicted octanol–water partition coefficient (Wildman–Crippen LogP) is 7.29. The van der Waals surface area contributed by atoms with Crippen LogP contribution in [0.25, 0.3) is 0 Å². The zero-order chi connectivity index (χ0) is 18.9. The van der Waals surface area contributed by atoms with Gasteiger partial charge in [-0.05, 0) is 62.1 Å². The van der Waals surface area contributed by atoms with Gasteiger partial charge in [-0.15, -0.1) is 0 Å². The van der Waals surface area contributed by atoms with E-state index in [1.165, 1.54) is 0 Å². The second kappa shape index (κ2) is 4.28. The zero-order valence-electron chi connectivity index (χ0n) is 18.9. The standard InChI is InChI=1S/C24H44/c1-14-15-17(21(6,7)23(10,11)19(15,2)3)18-16(14)20(4,5)24(12,13)22(18,8)9/h14-18H,1-13H3.